The van der Waals surface area contributed by atoms with Crippen molar-refractivity contribution < 1.29 is 17.6 Å². The summed E-state index contributed by atoms with van der Waals surface area (Å²) in [4.78, 5) is 15.1. The molecule has 0 radical (unpaired) electrons. The van der Waals surface area contributed by atoms with Crippen LogP contribution < -0.4 is 4.31 Å². The molecular formula is C25H28N2O4S. The largest absolute Gasteiger partial charge is 0.464 e. The van der Waals surface area contributed by atoms with E-state index in [1.165, 1.54) is 10.4 Å². The maximum atomic E-state index is 13.6. The van der Waals surface area contributed by atoms with Gasteiger partial charge in [0.1, 0.15) is 11.5 Å². The minimum atomic E-state index is -3.81. The zero-order chi connectivity index (χ0) is 23.0. The van der Waals surface area contributed by atoms with Crippen molar-refractivity contribution in [3.63, 3.8) is 0 Å². The molecule has 1 unspecified atom stereocenters. The van der Waals surface area contributed by atoms with Gasteiger partial charge in [0.2, 0.25) is 0 Å². The molecule has 1 aromatic heterocycles. The zero-order valence-corrected chi connectivity index (χ0v) is 19.6. The first-order chi connectivity index (χ1) is 15.2. The third-order valence-electron chi connectivity index (χ3n) is 5.79. The molecular weight excluding hydrogens is 424 g/mol. The summed E-state index contributed by atoms with van der Waals surface area (Å²) in [5.74, 6) is 1.24. The molecule has 2 heterocycles. The van der Waals surface area contributed by atoms with Crippen molar-refractivity contribution in [3.05, 3.63) is 83.3 Å². The van der Waals surface area contributed by atoms with E-state index < -0.39 is 10.0 Å². The number of carbonyl (C=O) groups is 1. The first-order valence-electron chi connectivity index (χ1n) is 10.8. The number of para-hydroxylation sites is 1. The Morgan fingerprint density at radius 2 is 1.88 bits per heavy atom. The van der Waals surface area contributed by atoms with Crippen molar-refractivity contribution in [3.8, 4) is 0 Å². The molecule has 168 valence electrons. The molecule has 0 saturated carbocycles. The number of sulfonamides is 1. The number of nitrogens with zero attached hydrogens (tertiary/aromatic N) is 2. The van der Waals surface area contributed by atoms with Crippen LogP contribution in [-0.4, -0.2) is 31.3 Å². The monoisotopic (exact) mass is 452 g/mol. The van der Waals surface area contributed by atoms with E-state index in [2.05, 4.69) is 0 Å². The van der Waals surface area contributed by atoms with Crippen molar-refractivity contribution in [1.82, 2.24) is 4.90 Å². The first-order valence-corrected chi connectivity index (χ1v) is 12.2. The molecule has 0 saturated heterocycles. The fraction of sp³-hybridized carbons (Fsp3) is 0.320. The SMILES string of the molecule is Cc1ccc(CN(C(=O)c2cccc(S(=O)(=O)N3c4ccccc4CC3C)c2)C(C)C)o1. The molecule has 6 nitrogen and oxygen atoms in total. The average Bonchev–Trinajstić information content (AvgIpc) is 3.33. The van der Waals surface area contributed by atoms with Gasteiger partial charge in [-0.25, -0.2) is 8.42 Å². The van der Waals surface area contributed by atoms with E-state index in [1.54, 1.807) is 23.1 Å². The molecule has 0 fully saturated rings. The average molecular weight is 453 g/mol. The van der Waals surface area contributed by atoms with E-state index >= 15 is 0 Å². The Morgan fingerprint density at radius 3 is 2.56 bits per heavy atom. The molecule has 2 aromatic carbocycles. The highest BCUT2D eigenvalue weighted by atomic mass is 32.2. The lowest BCUT2D eigenvalue weighted by molar-refractivity contribution is 0.0675. The molecule has 1 atom stereocenters. The third kappa shape index (κ3) is 4.05. The minimum absolute atomic E-state index is 0.0846. The van der Waals surface area contributed by atoms with Gasteiger partial charge < -0.3 is 9.32 Å². The summed E-state index contributed by atoms with van der Waals surface area (Å²) >= 11 is 0. The summed E-state index contributed by atoms with van der Waals surface area (Å²) in [5.41, 5.74) is 2.05. The summed E-state index contributed by atoms with van der Waals surface area (Å²) in [7, 11) is -3.81. The maximum absolute atomic E-state index is 13.6. The summed E-state index contributed by atoms with van der Waals surface area (Å²) in [6, 6.07) is 17.3. The number of amides is 1. The van der Waals surface area contributed by atoms with Crippen LogP contribution in [0.25, 0.3) is 0 Å². The van der Waals surface area contributed by atoms with E-state index in [0.29, 0.717) is 30.0 Å². The van der Waals surface area contributed by atoms with Crippen LogP contribution in [0.2, 0.25) is 0 Å². The van der Waals surface area contributed by atoms with Crippen LogP contribution in [0.5, 0.6) is 0 Å². The number of furan rings is 1. The molecule has 3 aromatic rings. The predicted octanol–water partition coefficient (Wildman–Crippen LogP) is 4.78. The number of hydrogen-bond acceptors (Lipinski definition) is 4. The van der Waals surface area contributed by atoms with Crippen molar-refractivity contribution in [1.29, 1.82) is 0 Å². The summed E-state index contributed by atoms with van der Waals surface area (Å²) in [6.07, 6.45) is 0.664. The number of hydrogen-bond donors (Lipinski definition) is 0. The number of benzene rings is 2. The van der Waals surface area contributed by atoms with Crippen LogP contribution in [0.1, 0.15) is 48.2 Å². The van der Waals surface area contributed by atoms with E-state index in [1.807, 2.05) is 64.1 Å². The fourth-order valence-corrected chi connectivity index (χ4v) is 5.94. The van der Waals surface area contributed by atoms with Crippen LogP contribution in [0.15, 0.2) is 70.0 Å². The lowest BCUT2D eigenvalue weighted by Crippen LogP contribution is -2.37. The van der Waals surface area contributed by atoms with E-state index in [4.69, 9.17) is 4.42 Å². The fourth-order valence-electron chi connectivity index (χ4n) is 4.20. The highest BCUT2D eigenvalue weighted by Gasteiger charge is 2.36. The zero-order valence-electron chi connectivity index (χ0n) is 18.8. The second kappa shape index (κ2) is 8.47. The molecule has 0 N–H and O–H groups in total. The standard InChI is InChI=1S/C25H28N2O4S/c1-17(2)26(16-22-13-12-19(4)31-22)25(28)21-9-7-10-23(15-21)32(29,30)27-18(3)14-20-8-5-6-11-24(20)27/h5-13,15,17-18H,14,16H2,1-4H3. The van der Waals surface area contributed by atoms with Gasteiger partial charge >= 0.3 is 0 Å². The topological polar surface area (TPSA) is 70.8 Å². The second-order valence-corrected chi connectivity index (χ2v) is 10.4. The van der Waals surface area contributed by atoms with Crippen LogP contribution in [0, 0.1) is 6.92 Å². The van der Waals surface area contributed by atoms with Crippen molar-refractivity contribution >= 4 is 21.6 Å². The van der Waals surface area contributed by atoms with Gasteiger partial charge in [0.25, 0.3) is 15.9 Å². The van der Waals surface area contributed by atoms with Gasteiger partial charge in [-0.05, 0) is 76.1 Å². The van der Waals surface area contributed by atoms with Gasteiger partial charge in [-0.1, -0.05) is 24.3 Å². The quantitative estimate of drug-likeness (QED) is 0.540. The molecule has 4 rings (SSSR count). The Bertz CT molecular complexity index is 1250. The van der Waals surface area contributed by atoms with E-state index in [0.717, 1.165) is 11.3 Å². The second-order valence-electron chi connectivity index (χ2n) is 8.55. The molecule has 0 bridgehead atoms. The molecule has 1 amide bonds. The van der Waals surface area contributed by atoms with Crippen LogP contribution in [0.4, 0.5) is 5.69 Å². The number of rotatable bonds is 6. The van der Waals surface area contributed by atoms with Crippen molar-refractivity contribution in [2.75, 3.05) is 4.31 Å². The van der Waals surface area contributed by atoms with E-state index in [-0.39, 0.29) is 22.9 Å². The predicted molar refractivity (Wildman–Crippen MR) is 124 cm³/mol. The van der Waals surface area contributed by atoms with Crippen LogP contribution in [-0.2, 0) is 23.0 Å². The van der Waals surface area contributed by atoms with E-state index in [9.17, 15) is 13.2 Å². The number of fused-ring (bicyclic) bond motifs is 1. The minimum Gasteiger partial charge on any atom is -0.464 e. The summed E-state index contributed by atoms with van der Waals surface area (Å²) in [6.45, 7) is 7.93. The lowest BCUT2D eigenvalue weighted by Gasteiger charge is -2.27. The van der Waals surface area contributed by atoms with Gasteiger partial charge in [-0.2, -0.15) is 0 Å². The van der Waals surface area contributed by atoms with Gasteiger partial charge in [-0.15, -0.1) is 0 Å². The Balaban J connectivity index is 1.66. The van der Waals surface area contributed by atoms with Gasteiger partial charge in [-0.3, -0.25) is 9.10 Å². The number of anilines is 1. The molecule has 0 aliphatic carbocycles. The molecule has 1 aliphatic heterocycles. The number of aryl methyl sites for hydroxylation is 1. The van der Waals surface area contributed by atoms with Gasteiger partial charge in [0, 0.05) is 17.6 Å². The lowest BCUT2D eigenvalue weighted by atomic mass is 10.1. The molecule has 7 heteroatoms. The van der Waals surface area contributed by atoms with Gasteiger partial charge in [0.15, 0.2) is 0 Å². The Labute approximate surface area is 189 Å². The smallest absolute Gasteiger partial charge is 0.264 e. The van der Waals surface area contributed by atoms with Crippen LogP contribution >= 0.6 is 0 Å². The molecule has 1 aliphatic rings. The van der Waals surface area contributed by atoms with Crippen molar-refractivity contribution in [2.24, 2.45) is 0 Å². The summed E-state index contributed by atoms with van der Waals surface area (Å²) in [5, 5.41) is 0. The Hall–Kier alpha value is -3.06. The normalized spacial score (nSPS) is 15.8. The first kappa shape index (κ1) is 22.1. The Kier molecular flexibility index (Phi) is 5.86. The van der Waals surface area contributed by atoms with Crippen LogP contribution in [0.3, 0.4) is 0 Å². The highest BCUT2D eigenvalue weighted by Crippen LogP contribution is 2.36. The van der Waals surface area contributed by atoms with Crippen molar-refractivity contribution in [2.45, 2.75) is 57.6 Å². The van der Waals surface area contributed by atoms with Gasteiger partial charge in [0.05, 0.1) is 17.1 Å². The number of carbonyl (C=O) groups excluding carboxylic acids is 1. The highest BCUT2D eigenvalue weighted by molar-refractivity contribution is 7.92. The molecule has 0 spiro atoms. The molecule has 32 heavy (non-hydrogen) atoms. The maximum Gasteiger partial charge on any atom is 0.264 e. The Morgan fingerprint density at radius 1 is 1.12 bits per heavy atom. The summed E-state index contributed by atoms with van der Waals surface area (Å²) < 4.78 is 34.2. The third-order valence-corrected chi connectivity index (χ3v) is 7.71.